The summed E-state index contributed by atoms with van der Waals surface area (Å²) in [6.07, 6.45) is 0. The normalized spacial score (nSPS) is 16.9. The fraction of sp³-hybridized carbons (Fsp3) is 0.455. The molecule has 18 heavy (non-hydrogen) atoms. The number of nitrogens with zero attached hydrogens (tertiary/aromatic N) is 3. The Balaban J connectivity index is 2.36. The minimum Gasteiger partial charge on any atom is -0.398 e. The van der Waals surface area contributed by atoms with Gasteiger partial charge in [-0.2, -0.15) is 0 Å². The number of nitro groups is 1. The third-order valence-corrected chi connectivity index (χ3v) is 3.82. The van der Waals surface area contributed by atoms with E-state index in [1.165, 1.54) is 6.07 Å². The molecule has 1 aliphatic rings. The summed E-state index contributed by atoms with van der Waals surface area (Å²) in [4.78, 5) is 14.9. The highest BCUT2D eigenvalue weighted by atomic mass is 79.9. The summed E-state index contributed by atoms with van der Waals surface area (Å²) in [6, 6.07) is 3.15. The molecule has 0 radical (unpaired) electrons. The molecule has 0 unspecified atom stereocenters. The first-order valence-corrected chi connectivity index (χ1v) is 6.45. The Kier molecular flexibility index (Phi) is 3.72. The van der Waals surface area contributed by atoms with Crippen molar-refractivity contribution in [1.29, 1.82) is 0 Å². The van der Waals surface area contributed by atoms with Crippen LogP contribution in [0.3, 0.4) is 0 Å². The second-order valence-electron chi connectivity index (χ2n) is 4.41. The molecular weight excluding hydrogens is 300 g/mol. The van der Waals surface area contributed by atoms with Crippen LogP contribution in [0.5, 0.6) is 0 Å². The maximum absolute atomic E-state index is 11.1. The molecule has 6 nitrogen and oxygen atoms in total. The number of likely N-dealkylation sites (N-methyl/N-ethyl adjacent to an activating group) is 1. The van der Waals surface area contributed by atoms with Gasteiger partial charge in [-0.15, -0.1) is 0 Å². The van der Waals surface area contributed by atoms with E-state index in [4.69, 9.17) is 5.73 Å². The summed E-state index contributed by atoms with van der Waals surface area (Å²) in [6.45, 7) is 3.37. The maximum Gasteiger partial charge on any atom is 0.294 e. The highest BCUT2D eigenvalue weighted by molar-refractivity contribution is 9.10. The van der Waals surface area contributed by atoms with Crippen molar-refractivity contribution in [3.63, 3.8) is 0 Å². The average Bonchev–Trinajstić information content (AvgIpc) is 2.33. The first-order chi connectivity index (χ1) is 8.49. The van der Waals surface area contributed by atoms with Gasteiger partial charge < -0.3 is 15.5 Å². The molecule has 0 spiro atoms. The molecule has 1 aliphatic heterocycles. The number of benzene rings is 1. The van der Waals surface area contributed by atoms with Crippen molar-refractivity contribution < 1.29 is 4.92 Å². The topological polar surface area (TPSA) is 75.6 Å². The number of rotatable bonds is 2. The summed E-state index contributed by atoms with van der Waals surface area (Å²) >= 11 is 3.32. The summed E-state index contributed by atoms with van der Waals surface area (Å²) in [5, 5.41) is 11.1. The number of anilines is 2. The van der Waals surface area contributed by atoms with Gasteiger partial charge in [-0.25, -0.2) is 0 Å². The van der Waals surface area contributed by atoms with Crippen molar-refractivity contribution in [2.75, 3.05) is 43.9 Å². The van der Waals surface area contributed by atoms with Crippen LogP contribution in [0, 0.1) is 10.1 Å². The van der Waals surface area contributed by atoms with Crippen molar-refractivity contribution >= 4 is 33.0 Å². The monoisotopic (exact) mass is 314 g/mol. The van der Waals surface area contributed by atoms with E-state index in [9.17, 15) is 10.1 Å². The smallest absolute Gasteiger partial charge is 0.294 e. The van der Waals surface area contributed by atoms with E-state index in [-0.39, 0.29) is 10.6 Å². The van der Waals surface area contributed by atoms with Crippen molar-refractivity contribution in [2.45, 2.75) is 0 Å². The third kappa shape index (κ3) is 2.56. The lowest BCUT2D eigenvalue weighted by molar-refractivity contribution is -0.384. The van der Waals surface area contributed by atoms with Crippen molar-refractivity contribution in [3.05, 3.63) is 26.7 Å². The van der Waals surface area contributed by atoms with Crippen molar-refractivity contribution in [3.8, 4) is 0 Å². The van der Waals surface area contributed by atoms with Gasteiger partial charge in [0.25, 0.3) is 5.69 Å². The van der Waals surface area contributed by atoms with Gasteiger partial charge in [0.15, 0.2) is 0 Å². The lowest BCUT2D eigenvalue weighted by atomic mass is 10.2. The lowest BCUT2D eigenvalue weighted by Gasteiger charge is -2.33. The van der Waals surface area contributed by atoms with Gasteiger partial charge in [-0.05, 0) is 29.0 Å². The fourth-order valence-electron chi connectivity index (χ4n) is 2.01. The van der Waals surface area contributed by atoms with Crippen LogP contribution < -0.4 is 10.6 Å². The zero-order valence-corrected chi connectivity index (χ0v) is 11.7. The van der Waals surface area contributed by atoms with Gasteiger partial charge in [-0.1, -0.05) is 0 Å². The first-order valence-electron chi connectivity index (χ1n) is 5.66. The van der Waals surface area contributed by atoms with Crippen LogP contribution in [0.2, 0.25) is 0 Å². The van der Waals surface area contributed by atoms with E-state index in [1.54, 1.807) is 6.07 Å². The summed E-state index contributed by atoms with van der Waals surface area (Å²) in [5.74, 6) is 0. The predicted octanol–water partition coefficient (Wildman–Crippen LogP) is 1.69. The highest BCUT2D eigenvalue weighted by Crippen LogP contribution is 2.35. The molecule has 2 N–H and O–H groups in total. The molecular formula is C11H15BrN4O2. The number of hydrogen-bond donors (Lipinski definition) is 1. The second kappa shape index (κ2) is 5.11. The van der Waals surface area contributed by atoms with Gasteiger partial charge in [0.1, 0.15) is 5.69 Å². The molecule has 1 saturated heterocycles. The Bertz CT molecular complexity index is 472. The van der Waals surface area contributed by atoms with Crippen LogP contribution in [-0.2, 0) is 0 Å². The van der Waals surface area contributed by atoms with E-state index in [1.807, 2.05) is 11.9 Å². The quantitative estimate of drug-likeness (QED) is 0.511. The Labute approximate surface area is 114 Å². The predicted molar refractivity (Wildman–Crippen MR) is 74.9 cm³/mol. The molecule has 0 bridgehead atoms. The van der Waals surface area contributed by atoms with Crippen molar-refractivity contribution in [2.24, 2.45) is 0 Å². The number of nitrogen functional groups attached to an aromatic ring is 1. The van der Waals surface area contributed by atoms with Gasteiger partial charge in [0, 0.05) is 36.7 Å². The van der Waals surface area contributed by atoms with Gasteiger partial charge >= 0.3 is 0 Å². The van der Waals surface area contributed by atoms with Crippen LogP contribution in [0.1, 0.15) is 0 Å². The zero-order chi connectivity index (χ0) is 13.3. The number of halogens is 1. The van der Waals surface area contributed by atoms with Crippen molar-refractivity contribution in [1.82, 2.24) is 4.90 Å². The second-order valence-corrected chi connectivity index (χ2v) is 5.26. The number of nitrogens with two attached hydrogens (primary N) is 1. The van der Waals surface area contributed by atoms with Crippen LogP contribution in [0.25, 0.3) is 0 Å². The minimum absolute atomic E-state index is 0.0697. The standard InChI is InChI=1S/C11H15BrN4O2/c1-14-2-4-15(5-3-14)10-6-8(12)9(13)7-11(10)16(17)18/h6-7H,2-5,13H2,1H3. The van der Waals surface area contributed by atoms with E-state index in [0.717, 1.165) is 26.2 Å². The molecule has 0 aliphatic carbocycles. The minimum atomic E-state index is -0.379. The number of hydrogen-bond acceptors (Lipinski definition) is 5. The molecule has 1 aromatic carbocycles. The molecule has 0 amide bonds. The van der Waals surface area contributed by atoms with Gasteiger partial charge in [0.05, 0.1) is 10.6 Å². The molecule has 2 rings (SSSR count). The Morgan fingerprint density at radius 3 is 2.50 bits per heavy atom. The van der Waals surface area contributed by atoms with E-state index in [0.29, 0.717) is 15.8 Å². The average molecular weight is 315 g/mol. The molecule has 98 valence electrons. The van der Waals surface area contributed by atoms with Gasteiger partial charge in [-0.3, -0.25) is 10.1 Å². The number of nitro benzene ring substituents is 1. The summed E-state index contributed by atoms with van der Waals surface area (Å²) in [5.41, 5.74) is 6.79. The third-order valence-electron chi connectivity index (χ3n) is 3.13. The van der Waals surface area contributed by atoms with Crippen LogP contribution in [0.4, 0.5) is 17.1 Å². The molecule has 0 saturated carbocycles. The Morgan fingerprint density at radius 2 is 1.94 bits per heavy atom. The van der Waals surface area contributed by atoms with E-state index >= 15 is 0 Å². The SMILES string of the molecule is CN1CCN(c2cc(Br)c(N)cc2[N+](=O)[O-])CC1. The maximum atomic E-state index is 11.1. The lowest BCUT2D eigenvalue weighted by Crippen LogP contribution is -2.44. The molecule has 1 fully saturated rings. The molecule has 0 atom stereocenters. The largest absolute Gasteiger partial charge is 0.398 e. The molecule has 1 aromatic rings. The van der Waals surface area contributed by atoms with Gasteiger partial charge in [0.2, 0.25) is 0 Å². The summed E-state index contributed by atoms with van der Waals surface area (Å²) in [7, 11) is 2.05. The molecule has 0 aromatic heterocycles. The summed E-state index contributed by atoms with van der Waals surface area (Å²) < 4.78 is 0.696. The molecule has 7 heteroatoms. The van der Waals surface area contributed by atoms with E-state index in [2.05, 4.69) is 20.8 Å². The van der Waals surface area contributed by atoms with Crippen LogP contribution in [-0.4, -0.2) is 43.0 Å². The van der Waals surface area contributed by atoms with Crippen LogP contribution >= 0.6 is 15.9 Å². The Hall–Kier alpha value is -1.34. The fourth-order valence-corrected chi connectivity index (χ4v) is 2.35. The zero-order valence-electron chi connectivity index (χ0n) is 10.1. The molecule has 1 heterocycles. The first kappa shape index (κ1) is 13.1. The highest BCUT2D eigenvalue weighted by Gasteiger charge is 2.23. The Morgan fingerprint density at radius 1 is 1.33 bits per heavy atom. The van der Waals surface area contributed by atoms with E-state index < -0.39 is 0 Å². The number of piperazine rings is 1. The van der Waals surface area contributed by atoms with Crippen LogP contribution in [0.15, 0.2) is 16.6 Å².